The van der Waals surface area contributed by atoms with E-state index in [0.717, 1.165) is 10.0 Å². The molecule has 0 aliphatic rings. The minimum absolute atomic E-state index is 0.214. The van der Waals surface area contributed by atoms with Crippen molar-refractivity contribution >= 4 is 39.3 Å². The zero-order valence-electron chi connectivity index (χ0n) is 24.0. The molecule has 0 fully saturated rings. The van der Waals surface area contributed by atoms with E-state index in [2.05, 4.69) is 26.8 Å². The lowest BCUT2D eigenvalue weighted by Crippen LogP contribution is -2.41. The fraction of sp³-hybridized carbons (Fsp3) is 0.156. The lowest BCUT2D eigenvalue weighted by Gasteiger charge is -2.25. The second-order valence-corrected chi connectivity index (χ2v) is 10.0. The number of carbonyl (C=O) groups excluding carboxylic acids is 3. The molecule has 11 heteroatoms. The van der Waals surface area contributed by atoms with Crippen molar-refractivity contribution in [3.05, 3.63) is 112 Å². The Balaban J connectivity index is 1.58. The first-order valence-corrected chi connectivity index (χ1v) is 13.8. The van der Waals surface area contributed by atoms with Crippen molar-refractivity contribution in [1.82, 2.24) is 10.9 Å². The number of benzene rings is 4. The number of hydrazine groups is 1. The van der Waals surface area contributed by atoms with Gasteiger partial charge in [-0.25, -0.2) is 0 Å². The minimum atomic E-state index is -0.538. The summed E-state index contributed by atoms with van der Waals surface area (Å²) in [7, 11) is 6.09. The maximum absolute atomic E-state index is 13.9. The Morgan fingerprint density at radius 3 is 1.60 bits per heavy atom. The van der Waals surface area contributed by atoms with Gasteiger partial charge >= 0.3 is 0 Å². The summed E-state index contributed by atoms with van der Waals surface area (Å²) >= 11 is 3.32. The van der Waals surface area contributed by atoms with Gasteiger partial charge in [0.15, 0.2) is 11.5 Å². The quantitative estimate of drug-likeness (QED) is 0.221. The van der Waals surface area contributed by atoms with Crippen molar-refractivity contribution in [2.24, 2.45) is 0 Å². The maximum atomic E-state index is 13.9. The van der Waals surface area contributed by atoms with Gasteiger partial charge in [0.2, 0.25) is 5.75 Å². The average molecular weight is 649 g/mol. The van der Waals surface area contributed by atoms with Gasteiger partial charge in [-0.15, -0.1) is 0 Å². The number of anilines is 1. The molecule has 10 nitrogen and oxygen atoms in total. The summed E-state index contributed by atoms with van der Waals surface area (Å²) in [5.74, 6) is 0.532. The molecular weight excluding hydrogens is 618 g/mol. The fourth-order valence-corrected chi connectivity index (χ4v) is 4.46. The summed E-state index contributed by atoms with van der Waals surface area (Å²) in [5, 5.41) is 0. The van der Waals surface area contributed by atoms with Gasteiger partial charge in [0, 0.05) is 33.3 Å². The first-order valence-electron chi connectivity index (χ1n) is 13.0. The van der Waals surface area contributed by atoms with Crippen molar-refractivity contribution < 1.29 is 33.3 Å². The Bertz CT molecular complexity index is 1570. The lowest BCUT2D eigenvalue weighted by atomic mass is 10.1. The fourth-order valence-electron chi connectivity index (χ4n) is 4.20. The highest BCUT2D eigenvalue weighted by Crippen LogP contribution is 2.41. The largest absolute Gasteiger partial charge is 0.497 e. The molecule has 0 radical (unpaired) electrons. The Morgan fingerprint density at radius 2 is 1.14 bits per heavy atom. The third-order valence-corrected chi connectivity index (χ3v) is 7.02. The van der Waals surface area contributed by atoms with Crippen molar-refractivity contribution in [3.8, 4) is 23.0 Å². The topological polar surface area (TPSA) is 115 Å². The van der Waals surface area contributed by atoms with Gasteiger partial charge in [-0.3, -0.25) is 25.2 Å². The van der Waals surface area contributed by atoms with E-state index in [1.165, 1.54) is 33.5 Å². The van der Waals surface area contributed by atoms with E-state index in [1.807, 2.05) is 24.3 Å². The number of rotatable bonds is 10. The average Bonchev–Trinajstić information content (AvgIpc) is 3.05. The van der Waals surface area contributed by atoms with Gasteiger partial charge in [0.1, 0.15) is 5.75 Å². The molecular formula is C32H30BrN3O7. The molecule has 3 amide bonds. The molecule has 0 unspecified atom stereocenters. The van der Waals surface area contributed by atoms with Gasteiger partial charge in [-0.2, -0.15) is 0 Å². The summed E-state index contributed by atoms with van der Waals surface area (Å²) in [5.41, 5.74) is 7.10. The van der Waals surface area contributed by atoms with Crippen LogP contribution in [0.1, 0.15) is 36.6 Å². The van der Waals surface area contributed by atoms with Gasteiger partial charge in [0.25, 0.3) is 17.7 Å². The molecule has 0 aromatic heterocycles. The SMILES string of the molecule is COc1ccc(CN(C(=O)c2ccc(C(=O)NNC(=O)c3ccc(Br)cc3)cc2)c2cc(OC)c(OC)c(OC)c2)cc1. The van der Waals surface area contributed by atoms with E-state index in [1.54, 1.807) is 60.5 Å². The van der Waals surface area contributed by atoms with Crippen molar-refractivity contribution in [2.75, 3.05) is 33.3 Å². The van der Waals surface area contributed by atoms with E-state index in [4.69, 9.17) is 18.9 Å². The molecule has 0 atom stereocenters. The first kappa shape index (κ1) is 30.9. The van der Waals surface area contributed by atoms with Gasteiger partial charge in [-0.05, 0) is 66.2 Å². The highest BCUT2D eigenvalue weighted by molar-refractivity contribution is 9.10. The van der Waals surface area contributed by atoms with Crippen molar-refractivity contribution in [1.29, 1.82) is 0 Å². The molecule has 0 aliphatic carbocycles. The number of hydrogen-bond donors (Lipinski definition) is 2. The molecule has 0 saturated heterocycles. The molecule has 0 bridgehead atoms. The number of carbonyl (C=O) groups is 3. The highest BCUT2D eigenvalue weighted by Gasteiger charge is 2.23. The zero-order chi connectivity index (χ0) is 30.9. The first-order chi connectivity index (χ1) is 20.8. The molecule has 0 saturated carbocycles. The molecule has 4 aromatic rings. The lowest BCUT2D eigenvalue weighted by molar-refractivity contribution is 0.0846. The summed E-state index contributed by atoms with van der Waals surface area (Å²) in [6, 6.07) is 23.6. The van der Waals surface area contributed by atoms with Gasteiger partial charge in [-0.1, -0.05) is 28.1 Å². The van der Waals surface area contributed by atoms with Crippen molar-refractivity contribution in [3.63, 3.8) is 0 Å². The smallest absolute Gasteiger partial charge is 0.269 e. The minimum Gasteiger partial charge on any atom is -0.497 e. The predicted molar refractivity (Wildman–Crippen MR) is 165 cm³/mol. The molecule has 0 aliphatic heterocycles. The molecule has 4 rings (SSSR count). The Morgan fingerprint density at radius 1 is 0.651 bits per heavy atom. The molecule has 43 heavy (non-hydrogen) atoms. The third-order valence-electron chi connectivity index (χ3n) is 6.50. The predicted octanol–water partition coefficient (Wildman–Crippen LogP) is 5.41. The van der Waals surface area contributed by atoms with Crippen LogP contribution in [0.2, 0.25) is 0 Å². The monoisotopic (exact) mass is 647 g/mol. The van der Waals surface area contributed by atoms with E-state index in [-0.39, 0.29) is 18.0 Å². The number of halogens is 1. The summed E-state index contributed by atoms with van der Waals surface area (Å²) < 4.78 is 22.6. The summed E-state index contributed by atoms with van der Waals surface area (Å²) in [6.45, 7) is 0.214. The van der Waals surface area contributed by atoms with Crippen LogP contribution in [0.25, 0.3) is 0 Å². The van der Waals surface area contributed by atoms with Crippen LogP contribution >= 0.6 is 15.9 Å². The van der Waals surface area contributed by atoms with Crippen LogP contribution < -0.4 is 34.7 Å². The van der Waals surface area contributed by atoms with Gasteiger partial charge in [0.05, 0.1) is 40.7 Å². The number of ether oxygens (including phenoxy) is 4. The van der Waals surface area contributed by atoms with Crippen LogP contribution in [0, 0.1) is 0 Å². The van der Waals surface area contributed by atoms with Crippen LogP contribution in [0.5, 0.6) is 23.0 Å². The molecule has 222 valence electrons. The van der Waals surface area contributed by atoms with Crippen LogP contribution in [0.15, 0.2) is 89.4 Å². The molecule has 4 aromatic carbocycles. The summed E-state index contributed by atoms with van der Waals surface area (Å²) in [4.78, 5) is 40.5. The number of methoxy groups -OCH3 is 4. The number of nitrogens with one attached hydrogen (secondary N) is 2. The zero-order valence-corrected chi connectivity index (χ0v) is 25.6. The summed E-state index contributed by atoms with van der Waals surface area (Å²) in [6.07, 6.45) is 0. The second kappa shape index (κ2) is 14.2. The van der Waals surface area contributed by atoms with E-state index < -0.39 is 11.8 Å². The third kappa shape index (κ3) is 7.44. The number of hydrogen-bond acceptors (Lipinski definition) is 7. The Kier molecular flexibility index (Phi) is 10.2. The van der Waals surface area contributed by atoms with E-state index >= 15 is 0 Å². The molecule has 0 heterocycles. The van der Waals surface area contributed by atoms with E-state index in [0.29, 0.717) is 39.8 Å². The van der Waals surface area contributed by atoms with E-state index in [9.17, 15) is 14.4 Å². The maximum Gasteiger partial charge on any atom is 0.269 e. The normalized spacial score (nSPS) is 10.3. The standard InChI is InChI=1S/C32H30BrN3O7/c1-40-26-15-5-20(6-16-26)19-36(25-17-27(41-2)29(43-4)28(18-25)42-3)32(39)23-9-7-21(8-10-23)30(37)34-35-31(38)22-11-13-24(33)14-12-22/h5-18H,19H2,1-4H3,(H,34,37)(H,35,38). The van der Waals surface area contributed by atoms with Crippen LogP contribution in [0.4, 0.5) is 5.69 Å². The molecule has 2 N–H and O–H groups in total. The van der Waals surface area contributed by atoms with Crippen LogP contribution in [-0.2, 0) is 6.54 Å². The van der Waals surface area contributed by atoms with Crippen LogP contribution in [-0.4, -0.2) is 46.2 Å². The number of amides is 3. The second-order valence-electron chi connectivity index (χ2n) is 9.12. The highest BCUT2D eigenvalue weighted by atomic mass is 79.9. The van der Waals surface area contributed by atoms with Crippen molar-refractivity contribution in [2.45, 2.75) is 6.54 Å². The Labute approximate surface area is 257 Å². The van der Waals surface area contributed by atoms with Gasteiger partial charge < -0.3 is 23.8 Å². The number of nitrogens with zero attached hydrogens (tertiary/aromatic N) is 1. The Hall–Kier alpha value is -5.03. The molecule has 0 spiro atoms. The van der Waals surface area contributed by atoms with Crippen LogP contribution in [0.3, 0.4) is 0 Å².